The van der Waals surface area contributed by atoms with Crippen LogP contribution in [0.15, 0.2) is 23.9 Å². The summed E-state index contributed by atoms with van der Waals surface area (Å²) in [7, 11) is 0. The predicted octanol–water partition coefficient (Wildman–Crippen LogP) is -0.181. The van der Waals surface area contributed by atoms with E-state index in [-0.39, 0.29) is 11.3 Å². The molecule has 0 aromatic carbocycles. The Morgan fingerprint density at radius 1 is 1.54 bits per heavy atom. The van der Waals surface area contributed by atoms with Crippen molar-refractivity contribution in [2.75, 3.05) is 0 Å². The van der Waals surface area contributed by atoms with Crippen molar-refractivity contribution in [3.8, 4) is 0 Å². The van der Waals surface area contributed by atoms with E-state index in [1.54, 1.807) is 18.3 Å². The summed E-state index contributed by atoms with van der Waals surface area (Å²) in [6.07, 6.45) is 2.52. The number of primary amides is 1. The Kier molecular flexibility index (Phi) is 2.49. The number of nitrogens with one attached hydrogen (secondary N) is 2. The van der Waals surface area contributed by atoms with Crippen LogP contribution >= 0.6 is 0 Å². The minimum atomic E-state index is -0.706. The van der Waals surface area contributed by atoms with Crippen LogP contribution in [0.25, 0.3) is 5.70 Å². The average molecular weight is 178 g/mol. The molecule has 6 N–H and O–H groups in total. The van der Waals surface area contributed by atoms with Gasteiger partial charge in [-0.3, -0.25) is 4.79 Å². The van der Waals surface area contributed by atoms with Gasteiger partial charge in [-0.15, -0.1) is 0 Å². The summed E-state index contributed by atoms with van der Waals surface area (Å²) in [6.45, 7) is 0. The molecule has 1 amide bonds. The molecule has 0 aliphatic heterocycles. The second kappa shape index (κ2) is 3.57. The number of amides is 1. The van der Waals surface area contributed by atoms with E-state index in [0.717, 1.165) is 6.21 Å². The third-order valence-corrected chi connectivity index (χ3v) is 1.59. The maximum absolute atomic E-state index is 10.8. The Balaban J connectivity index is 3.16. The van der Waals surface area contributed by atoms with Gasteiger partial charge < -0.3 is 21.9 Å². The van der Waals surface area contributed by atoms with Crippen LogP contribution in [0.1, 0.15) is 5.69 Å². The number of aromatic amines is 1. The van der Waals surface area contributed by atoms with Gasteiger partial charge in [0.15, 0.2) is 0 Å². The summed E-state index contributed by atoms with van der Waals surface area (Å²) >= 11 is 0. The van der Waals surface area contributed by atoms with Crippen LogP contribution in [0.4, 0.5) is 0 Å². The molecule has 5 heteroatoms. The molecule has 0 aliphatic carbocycles. The highest BCUT2D eigenvalue weighted by molar-refractivity contribution is 6.16. The molecule has 1 aromatic rings. The largest absolute Gasteiger partial charge is 0.396 e. The Morgan fingerprint density at radius 2 is 2.23 bits per heavy atom. The number of rotatable bonds is 3. The van der Waals surface area contributed by atoms with Crippen molar-refractivity contribution < 1.29 is 4.79 Å². The molecule has 0 radical (unpaired) electrons. The number of hydrogen-bond acceptors (Lipinski definition) is 3. The molecule has 68 valence electrons. The average Bonchev–Trinajstić information content (AvgIpc) is 2.56. The first-order valence-corrected chi connectivity index (χ1v) is 3.60. The Morgan fingerprint density at radius 3 is 2.62 bits per heavy atom. The first kappa shape index (κ1) is 9.05. The fourth-order valence-electron chi connectivity index (χ4n) is 0.925. The van der Waals surface area contributed by atoms with Crippen LogP contribution < -0.4 is 11.5 Å². The standard InChI is InChI=1S/C8H10N4O/c9-4-5(8(11)13)7(10)6-2-1-3-12-6/h1-4,9,12H,10H2,(H2,11,13)/b7-5-,9-4?. The summed E-state index contributed by atoms with van der Waals surface area (Å²) in [5.41, 5.74) is 11.4. The van der Waals surface area contributed by atoms with E-state index in [0.29, 0.717) is 5.69 Å². The van der Waals surface area contributed by atoms with Gasteiger partial charge in [0.25, 0.3) is 5.91 Å². The molecule has 0 fully saturated rings. The molecule has 0 aliphatic rings. The van der Waals surface area contributed by atoms with Crippen LogP contribution in [0.5, 0.6) is 0 Å². The highest BCUT2D eigenvalue weighted by atomic mass is 16.1. The van der Waals surface area contributed by atoms with Gasteiger partial charge in [-0.05, 0) is 12.1 Å². The van der Waals surface area contributed by atoms with Gasteiger partial charge in [-0.25, -0.2) is 0 Å². The summed E-state index contributed by atoms with van der Waals surface area (Å²) in [6, 6.07) is 3.44. The van der Waals surface area contributed by atoms with Crippen molar-refractivity contribution in [1.29, 1.82) is 5.41 Å². The van der Waals surface area contributed by atoms with E-state index in [2.05, 4.69) is 4.98 Å². The second-order valence-electron chi connectivity index (χ2n) is 2.42. The minimum absolute atomic E-state index is 0.00227. The highest BCUT2D eigenvalue weighted by Gasteiger charge is 2.08. The minimum Gasteiger partial charge on any atom is -0.396 e. The van der Waals surface area contributed by atoms with Crippen LogP contribution in [0.2, 0.25) is 0 Å². The molecule has 0 atom stereocenters. The zero-order chi connectivity index (χ0) is 9.84. The number of hydrogen-bond donors (Lipinski definition) is 4. The van der Waals surface area contributed by atoms with E-state index in [1.165, 1.54) is 0 Å². The zero-order valence-electron chi connectivity index (χ0n) is 6.87. The molecular formula is C8H10N4O. The van der Waals surface area contributed by atoms with Crippen LogP contribution in [0.3, 0.4) is 0 Å². The number of aromatic nitrogens is 1. The van der Waals surface area contributed by atoms with Gasteiger partial charge in [0, 0.05) is 12.4 Å². The van der Waals surface area contributed by atoms with E-state index >= 15 is 0 Å². The number of carbonyl (C=O) groups excluding carboxylic acids is 1. The molecule has 0 bridgehead atoms. The van der Waals surface area contributed by atoms with Crippen LogP contribution in [-0.2, 0) is 4.79 Å². The van der Waals surface area contributed by atoms with E-state index in [1.807, 2.05) is 0 Å². The van der Waals surface area contributed by atoms with E-state index in [4.69, 9.17) is 16.9 Å². The lowest BCUT2D eigenvalue weighted by Gasteiger charge is -2.01. The molecule has 1 aromatic heterocycles. The van der Waals surface area contributed by atoms with Gasteiger partial charge in [0.1, 0.15) is 0 Å². The van der Waals surface area contributed by atoms with Crippen molar-refractivity contribution in [3.05, 3.63) is 29.6 Å². The maximum atomic E-state index is 10.8. The van der Waals surface area contributed by atoms with Gasteiger partial charge >= 0.3 is 0 Å². The number of carbonyl (C=O) groups is 1. The van der Waals surface area contributed by atoms with E-state index < -0.39 is 5.91 Å². The molecule has 0 saturated heterocycles. The normalized spacial score (nSPS) is 12.0. The van der Waals surface area contributed by atoms with Crippen LogP contribution in [-0.4, -0.2) is 17.1 Å². The third kappa shape index (κ3) is 1.76. The first-order valence-electron chi connectivity index (χ1n) is 3.60. The molecule has 0 spiro atoms. The fourth-order valence-corrected chi connectivity index (χ4v) is 0.925. The molecular weight excluding hydrogens is 168 g/mol. The van der Waals surface area contributed by atoms with Crippen LogP contribution in [0, 0.1) is 5.41 Å². The molecule has 1 rings (SSSR count). The lowest BCUT2D eigenvalue weighted by Crippen LogP contribution is -2.19. The van der Waals surface area contributed by atoms with Gasteiger partial charge in [0.05, 0.1) is 17.0 Å². The molecule has 13 heavy (non-hydrogen) atoms. The number of nitrogens with two attached hydrogens (primary N) is 2. The maximum Gasteiger partial charge on any atom is 0.252 e. The second-order valence-corrected chi connectivity index (χ2v) is 2.42. The third-order valence-electron chi connectivity index (χ3n) is 1.59. The van der Waals surface area contributed by atoms with Crippen molar-refractivity contribution >= 4 is 17.8 Å². The van der Waals surface area contributed by atoms with Crippen molar-refractivity contribution in [3.63, 3.8) is 0 Å². The molecule has 1 heterocycles. The highest BCUT2D eigenvalue weighted by Crippen LogP contribution is 2.09. The lowest BCUT2D eigenvalue weighted by molar-refractivity contribution is -0.114. The summed E-state index contributed by atoms with van der Waals surface area (Å²) < 4.78 is 0. The first-order chi connectivity index (χ1) is 6.16. The van der Waals surface area contributed by atoms with Crippen molar-refractivity contribution in [2.45, 2.75) is 0 Å². The topological polar surface area (TPSA) is 109 Å². The van der Waals surface area contributed by atoms with Gasteiger partial charge in [-0.1, -0.05) is 0 Å². The zero-order valence-corrected chi connectivity index (χ0v) is 6.87. The molecule has 5 nitrogen and oxygen atoms in total. The smallest absolute Gasteiger partial charge is 0.252 e. The summed E-state index contributed by atoms with van der Waals surface area (Å²) in [4.78, 5) is 13.6. The monoisotopic (exact) mass is 178 g/mol. The Hall–Kier alpha value is -2.04. The molecule has 0 unspecified atom stereocenters. The Labute approximate surface area is 74.9 Å². The number of H-pyrrole nitrogens is 1. The van der Waals surface area contributed by atoms with Crippen molar-refractivity contribution in [1.82, 2.24) is 4.98 Å². The predicted molar refractivity (Wildman–Crippen MR) is 49.9 cm³/mol. The quantitative estimate of drug-likeness (QED) is 0.380. The molecule has 0 saturated carbocycles. The lowest BCUT2D eigenvalue weighted by atomic mass is 10.2. The summed E-state index contributed by atoms with van der Waals surface area (Å²) in [5, 5.41) is 6.95. The fraction of sp³-hybridized carbons (Fsp3) is 0. The van der Waals surface area contributed by atoms with Crippen molar-refractivity contribution in [2.24, 2.45) is 11.5 Å². The van der Waals surface area contributed by atoms with E-state index in [9.17, 15) is 4.79 Å². The Bertz CT molecular complexity index is 350. The SMILES string of the molecule is N=C/C(C(N)=O)=C(/N)c1ccc[nH]1. The van der Waals surface area contributed by atoms with Gasteiger partial charge in [0.2, 0.25) is 0 Å². The van der Waals surface area contributed by atoms with Gasteiger partial charge in [-0.2, -0.15) is 0 Å². The summed E-state index contributed by atoms with van der Waals surface area (Å²) in [5.74, 6) is -0.706.